The van der Waals surface area contributed by atoms with Crippen molar-refractivity contribution in [2.75, 3.05) is 7.11 Å². The highest BCUT2D eigenvalue weighted by Crippen LogP contribution is 2.29. The van der Waals surface area contributed by atoms with Crippen molar-refractivity contribution in [3.05, 3.63) is 32.8 Å². The standard InChI is InChI=1S/C10H9BrN2O2/c1-5-12-6-3-4-7(15-2)9(11)8(6)10(14)13-5/h3-4H,1-2H3,(H,12,13,14). The van der Waals surface area contributed by atoms with Crippen LogP contribution in [0.4, 0.5) is 0 Å². The van der Waals surface area contributed by atoms with Crippen LogP contribution >= 0.6 is 15.9 Å². The van der Waals surface area contributed by atoms with Crippen LogP contribution in [-0.4, -0.2) is 17.1 Å². The van der Waals surface area contributed by atoms with Crippen molar-refractivity contribution in [3.63, 3.8) is 0 Å². The number of fused-ring (bicyclic) bond motifs is 1. The molecule has 1 heterocycles. The highest BCUT2D eigenvalue weighted by Gasteiger charge is 2.10. The summed E-state index contributed by atoms with van der Waals surface area (Å²) in [6.45, 7) is 1.75. The molecule has 0 radical (unpaired) electrons. The molecule has 0 spiro atoms. The molecule has 2 aromatic rings. The van der Waals surface area contributed by atoms with E-state index >= 15 is 0 Å². The first-order valence-electron chi connectivity index (χ1n) is 4.36. The molecule has 0 unspecified atom stereocenters. The minimum atomic E-state index is -0.164. The summed E-state index contributed by atoms with van der Waals surface area (Å²) in [5.74, 6) is 1.23. The molecule has 0 aliphatic heterocycles. The summed E-state index contributed by atoms with van der Waals surface area (Å²) in [5.41, 5.74) is 0.493. The van der Waals surface area contributed by atoms with Crippen LogP contribution in [0, 0.1) is 6.92 Å². The summed E-state index contributed by atoms with van der Waals surface area (Å²) < 4.78 is 5.75. The number of aryl methyl sites for hydroxylation is 1. The minimum Gasteiger partial charge on any atom is -0.496 e. The zero-order valence-electron chi connectivity index (χ0n) is 8.30. The Morgan fingerprint density at radius 2 is 2.20 bits per heavy atom. The number of ether oxygens (including phenoxy) is 1. The first-order chi connectivity index (χ1) is 7.13. The molecule has 2 rings (SSSR count). The first-order valence-corrected chi connectivity index (χ1v) is 5.16. The fraction of sp³-hybridized carbons (Fsp3) is 0.200. The van der Waals surface area contributed by atoms with Gasteiger partial charge in [0, 0.05) is 0 Å². The predicted octanol–water partition coefficient (Wildman–Crippen LogP) is 2.00. The van der Waals surface area contributed by atoms with Gasteiger partial charge in [0.15, 0.2) is 0 Å². The zero-order valence-corrected chi connectivity index (χ0v) is 9.88. The van der Waals surface area contributed by atoms with Gasteiger partial charge in [-0.05, 0) is 35.0 Å². The topological polar surface area (TPSA) is 55.0 Å². The molecular formula is C10H9BrN2O2. The number of hydrogen-bond acceptors (Lipinski definition) is 3. The molecular weight excluding hydrogens is 260 g/mol. The van der Waals surface area contributed by atoms with Gasteiger partial charge in [-0.3, -0.25) is 4.79 Å². The molecule has 5 heteroatoms. The van der Waals surface area contributed by atoms with Gasteiger partial charge in [0.05, 0.1) is 22.5 Å². The number of halogens is 1. The van der Waals surface area contributed by atoms with Gasteiger partial charge in [-0.25, -0.2) is 4.98 Å². The highest BCUT2D eigenvalue weighted by atomic mass is 79.9. The normalized spacial score (nSPS) is 10.6. The van der Waals surface area contributed by atoms with E-state index in [1.54, 1.807) is 26.2 Å². The summed E-state index contributed by atoms with van der Waals surface area (Å²) in [6, 6.07) is 3.54. The monoisotopic (exact) mass is 268 g/mol. The third-order valence-electron chi connectivity index (χ3n) is 2.11. The molecule has 78 valence electrons. The molecule has 0 amide bonds. The molecule has 0 aliphatic carbocycles. The van der Waals surface area contributed by atoms with E-state index in [4.69, 9.17) is 4.74 Å². The summed E-state index contributed by atoms with van der Waals surface area (Å²) in [5, 5.41) is 0.514. The van der Waals surface area contributed by atoms with Gasteiger partial charge in [-0.15, -0.1) is 0 Å². The maximum atomic E-state index is 11.7. The van der Waals surface area contributed by atoms with Crippen molar-refractivity contribution in [1.82, 2.24) is 9.97 Å². The fourth-order valence-corrected chi connectivity index (χ4v) is 2.13. The second-order valence-corrected chi connectivity index (χ2v) is 3.92. The number of rotatable bonds is 1. The van der Waals surface area contributed by atoms with Gasteiger partial charge in [-0.2, -0.15) is 0 Å². The Morgan fingerprint density at radius 1 is 1.47 bits per heavy atom. The number of methoxy groups -OCH3 is 1. The third-order valence-corrected chi connectivity index (χ3v) is 2.90. The lowest BCUT2D eigenvalue weighted by Gasteiger charge is -2.05. The quantitative estimate of drug-likeness (QED) is 0.861. The molecule has 1 aromatic carbocycles. The van der Waals surface area contributed by atoms with E-state index in [-0.39, 0.29) is 5.56 Å². The SMILES string of the molecule is COc1ccc2nc(C)[nH]c(=O)c2c1Br. The Balaban J connectivity index is 2.93. The van der Waals surface area contributed by atoms with Crippen molar-refractivity contribution in [2.45, 2.75) is 6.92 Å². The first kappa shape index (κ1) is 10.2. The van der Waals surface area contributed by atoms with Crippen LogP contribution < -0.4 is 10.3 Å². The van der Waals surface area contributed by atoms with Crippen LogP contribution in [0.15, 0.2) is 21.4 Å². The predicted molar refractivity (Wildman–Crippen MR) is 61.4 cm³/mol. The number of H-pyrrole nitrogens is 1. The second-order valence-electron chi connectivity index (χ2n) is 3.13. The van der Waals surface area contributed by atoms with Crippen LogP contribution in [0.1, 0.15) is 5.82 Å². The number of nitrogens with zero attached hydrogens (tertiary/aromatic N) is 1. The average Bonchev–Trinajstić information content (AvgIpc) is 2.17. The van der Waals surface area contributed by atoms with Crippen molar-refractivity contribution < 1.29 is 4.74 Å². The summed E-state index contributed by atoms with van der Waals surface area (Å²) in [7, 11) is 1.56. The lowest BCUT2D eigenvalue weighted by molar-refractivity contribution is 0.413. The lowest BCUT2D eigenvalue weighted by Crippen LogP contribution is -2.10. The molecule has 4 nitrogen and oxygen atoms in total. The van der Waals surface area contributed by atoms with Crippen molar-refractivity contribution in [3.8, 4) is 5.75 Å². The largest absolute Gasteiger partial charge is 0.496 e. The van der Waals surface area contributed by atoms with Crippen molar-refractivity contribution in [2.24, 2.45) is 0 Å². The van der Waals surface area contributed by atoms with Gasteiger partial charge in [0.1, 0.15) is 11.6 Å². The molecule has 1 N–H and O–H groups in total. The van der Waals surface area contributed by atoms with Crippen molar-refractivity contribution in [1.29, 1.82) is 0 Å². The highest BCUT2D eigenvalue weighted by molar-refractivity contribution is 9.10. The van der Waals surface area contributed by atoms with E-state index < -0.39 is 0 Å². The molecule has 0 saturated heterocycles. The smallest absolute Gasteiger partial charge is 0.260 e. The van der Waals surface area contributed by atoms with E-state index in [9.17, 15) is 4.79 Å². The summed E-state index contributed by atoms with van der Waals surface area (Å²) in [6.07, 6.45) is 0. The summed E-state index contributed by atoms with van der Waals surface area (Å²) >= 11 is 3.33. The number of nitrogens with one attached hydrogen (secondary N) is 1. The van der Waals surface area contributed by atoms with Crippen LogP contribution in [0.5, 0.6) is 5.75 Å². The van der Waals surface area contributed by atoms with E-state index in [1.165, 1.54) is 0 Å². The number of benzene rings is 1. The Labute approximate surface area is 94.4 Å². The Bertz CT molecular complexity index is 577. The summed E-state index contributed by atoms with van der Waals surface area (Å²) in [4.78, 5) is 18.6. The van der Waals surface area contributed by atoms with Gasteiger partial charge in [0.2, 0.25) is 0 Å². The molecule has 0 aliphatic rings. The molecule has 1 aromatic heterocycles. The molecule has 0 bridgehead atoms. The van der Waals surface area contributed by atoms with E-state index in [2.05, 4.69) is 25.9 Å². The molecule has 0 fully saturated rings. The van der Waals surface area contributed by atoms with Crippen LogP contribution in [-0.2, 0) is 0 Å². The van der Waals surface area contributed by atoms with E-state index in [1.807, 2.05) is 0 Å². The van der Waals surface area contributed by atoms with E-state index in [0.717, 1.165) is 0 Å². The maximum absolute atomic E-state index is 11.7. The van der Waals surface area contributed by atoms with Crippen LogP contribution in [0.25, 0.3) is 10.9 Å². The fourth-order valence-electron chi connectivity index (χ4n) is 1.45. The number of hydrogen-bond donors (Lipinski definition) is 1. The molecule has 15 heavy (non-hydrogen) atoms. The van der Waals surface area contributed by atoms with Gasteiger partial charge < -0.3 is 9.72 Å². The van der Waals surface area contributed by atoms with Crippen LogP contribution in [0.3, 0.4) is 0 Å². The number of aromatic amines is 1. The van der Waals surface area contributed by atoms with Gasteiger partial charge >= 0.3 is 0 Å². The number of aromatic nitrogens is 2. The van der Waals surface area contributed by atoms with Gasteiger partial charge in [0.25, 0.3) is 5.56 Å². The minimum absolute atomic E-state index is 0.164. The third kappa shape index (κ3) is 1.63. The molecule has 0 atom stereocenters. The van der Waals surface area contributed by atoms with E-state index in [0.29, 0.717) is 26.9 Å². The lowest BCUT2D eigenvalue weighted by atomic mass is 10.2. The Morgan fingerprint density at radius 3 is 2.87 bits per heavy atom. The van der Waals surface area contributed by atoms with Crippen molar-refractivity contribution >= 4 is 26.8 Å². The van der Waals surface area contributed by atoms with Gasteiger partial charge in [-0.1, -0.05) is 0 Å². The Kier molecular flexibility index (Phi) is 2.48. The average molecular weight is 269 g/mol. The Hall–Kier alpha value is -1.36. The maximum Gasteiger partial charge on any atom is 0.260 e. The van der Waals surface area contributed by atoms with Crippen LogP contribution in [0.2, 0.25) is 0 Å². The molecule has 0 saturated carbocycles. The zero-order chi connectivity index (χ0) is 11.0. The second kappa shape index (κ2) is 3.66.